The van der Waals surface area contributed by atoms with E-state index in [2.05, 4.69) is 19.9 Å². The largest absolute Gasteiger partial charge is 0.247 e. The van der Waals surface area contributed by atoms with Crippen LogP contribution >= 0.6 is 0 Å². The first-order chi connectivity index (χ1) is 9.61. The zero-order valence-electron chi connectivity index (χ0n) is 13.7. The van der Waals surface area contributed by atoms with E-state index in [-0.39, 0.29) is 5.92 Å². The van der Waals surface area contributed by atoms with Gasteiger partial charge in [0.25, 0.3) is 0 Å². The third kappa shape index (κ3) is 4.47. The number of alkyl halides is 1. The molecule has 0 aromatic heterocycles. The van der Waals surface area contributed by atoms with Crippen LogP contribution in [0.4, 0.5) is 4.39 Å². The van der Waals surface area contributed by atoms with Crippen molar-refractivity contribution in [3.05, 3.63) is 0 Å². The molecule has 3 atom stereocenters. The van der Waals surface area contributed by atoms with Crippen LogP contribution in [0.2, 0.25) is 0 Å². The minimum atomic E-state index is -0.588. The minimum Gasteiger partial charge on any atom is -0.247 e. The first kappa shape index (κ1) is 17.5. The van der Waals surface area contributed by atoms with Gasteiger partial charge in [-0.1, -0.05) is 27.7 Å². The maximum absolute atomic E-state index is 14.4. The quantitative estimate of drug-likeness (QED) is 0.632. The second-order valence-electron chi connectivity index (χ2n) is 6.74. The van der Waals surface area contributed by atoms with E-state index < -0.39 is 6.17 Å². The van der Waals surface area contributed by atoms with Crippen molar-refractivity contribution in [3.63, 3.8) is 0 Å². The van der Waals surface area contributed by atoms with E-state index in [9.17, 15) is 4.39 Å². The van der Waals surface area contributed by atoms with E-state index in [4.69, 9.17) is 5.26 Å². The molecule has 0 aromatic rings. The Kier molecular flexibility index (Phi) is 7.56. The second kappa shape index (κ2) is 8.65. The molecule has 3 unspecified atom stereocenters. The van der Waals surface area contributed by atoms with Gasteiger partial charge >= 0.3 is 0 Å². The molecule has 2 fully saturated rings. The summed E-state index contributed by atoms with van der Waals surface area (Å²) in [5, 5.41) is 8.91. The number of halogens is 1. The summed E-state index contributed by atoms with van der Waals surface area (Å²) in [5.41, 5.74) is 0. The van der Waals surface area contributed by atoms with Gasteiger partial charge in [-0.25, -0.2) is 4.39 Å². The molecular formula is C18H32FN. The third-order valence-electron chi connectivity index (χ3n) is 5.37. The Morgan fingerprint density at radius 3 is 2.05 bits per heavy atom. The Labute approximate surface area is 124 Å². The molecule has 2 heteroatoms. The summed E-state index contributed by atoms with van der Waals surface area (Å²) >= 11 is 0. The van der Waals surface area contributed by atoms with Crippen LogP contribution in [0.1, 0.15) is 72.6 Å². The van der Waals surface area contributed by atoms with Crippen LogP contribution in [0.5, 0.6) is 0 Å². The SMILES string of the molecule is CC.CC(C)C1CCC(C2CCC(C#N)CC2)C(F)C1. The van der Waals surface area contributed by atoms with Gasteiger partial charge in [0.1, 0.15) is 6.17 Å². The summed E-state index contributed by atoms with van der Waals surface area (Å²) in [7, 11) is 0. The van der Waals surface area contributed by atoms with Gasteiger partial charge in [-0.3, -0.25) is 0 Å². The molecule has 2 saturated carbocycles. The molecule has 116 valence electrons. The standard InChI is InChI=1S/C16H26FN.C2H6/c1-11(2)14-7-8-15(16(17)9-14)13-5-3-12(10-18)4-6-13;1-2/h11-16H,3-9H2,1-2H3;1-2H3. The van der Waals surface area contributed by atoms with Gasteiger partial charge < -0.3 is 0 Å². The average molecular weight is 281 g/mol. The zero-order chi connectivity index (χ0) is 15.1. The summed E-state index contributed by atoms with van der Waals surface area (Å²) in [6.45, 7) is 8.44. The van der Waals surface area contributed by atoms with Crippen molar-refractivity contribution in [3.8, 4) is 6.07 Å². The van der Waals surface area contributed by atoms with Crippen molar-refractivity contribution < 1.29 is 4.39 Å². The summed E-state index contributed by atoms with van der Waals surface area (Å²) in [5.74, 6) is 2.30. The smallest absolute Gasteiger partial charge is 0.103 e. The summed E-state index contributed by atoms with van der Waals surface area (Å²) in [4.78, 5) is 0. The van der Waals surface area contributed by atoms with Gasteiger partial charge in [0.05, 0.1) is 6.07 Å². The first-order valence-electron chi connectivity index (χ1n) is 8.65. The second-order valence-corrected chi connectivity index (χ2v) is 6.74. The molecule has 0 aromatic carbocycles. The highest BCUT2D eigenvalue weighted by molar-refractivity contribution is 4.92. The summed E-state index contributed by atoms with van der Waals surface area (Å²) < 4.78 is 14.4. The molecule has 0 radical (unpaired) electrons. The maximum Gasteiger partial charge on any atom is 0.103 e. The molecule has 1 nitrogen and oxygen atoms in total. The van der Waals surface area contributed by atoms with Crippen LogP contribution in [-0.4, -0.2) is 6.17 Å². The van der Waals surface area contributed by atoms with Crippen molar-refractivity contribution in [1.29, 1.82) is 5.26 Å². The Hall–Kier alpha value is -0.580. The van der Waals surface area contributed by atoms with Crippen molar-refractivity contribution in [1.82, 2.24) is 0 Å². The van der Waals surface area contributed by atoms with Crippen LogP contribution in [0.3, 0.4) is 0 Å². The van der Waals surface area contributed by atoms with Crippen molar-refractivity contribution in [2.45, 2.75) is 78.8 Å². The fourth-order valence-electron chi connectivity index (χ4n) is 3.98. The lowest BCUT2D eigenvalue weighted by molar-refractivity contribution is 0.0507. The van der Waals surface area contributed by atoms with E-state index in [1.54, 1.807) is 0 Å². The van der Waals surface area contributed by atoms with Crippen LogP contribution in [-0.2, 0) is 0 Å². The van der Waals surface area contributed by atoms with Crippen molar-refractivity contribution in [2.24, 2.45) is 29.6 Å². The van der Waals surface area contributed by atoms with Crippen LogP contribution in [0, 0.1) is 40.9 Å². The van der Waals surface area contributed by atoms with E-state index >= 15 is 0 Å². The lowest BCUT2D eigenvalue weighted by Gasteiger charge is -2.40. The highest BCUT2D eigenvalue weighted by atomic mass is 19.1. The van der Waals surface area contributed by atoms with Gasteiger partial charge in [0, 0.05) is 5.92 Å². The monoisotopic (exact) mass is 281 g/mol. The van der Waals surface area contributed by atoms with Gasteiger partial charge in [0.2, 0.25) is 0 Å². The topological polar surface area (TPSA) is 23.8 Å². The molecule has 0 N–H and O–H groups in total. The lowest BCUT2D eigenvalue weighted by Crippen LogP contribution is -2.35. The van der Waals surface area contributed by atoms with Gasteiger partial charge in [-0.05, 0) is 68.6 Å². The Morgan fingerprint density at radius 1 is 1.00 bits per heavy atom. The molecule has 0 spiro atoms. The first-order valence-corrected chi connectivity index (χ1v) is 8.65. The average Bonchev–Trinajstić information content (AvgIpc) is 2.49. The van der Waals surface area contributed by atoms with Crippen molar-refractivity contribution in [2.75, 3.05) is 0 Å². The van der Waals surface area contributed by atoms with E-state index in [1.807, 2.05) is 13.8 Å². The molecular weight excluding hydrogens is 249 g/mol. The Morgan fingerprint density at radius 2 is 1.60 bits per heavy atom. The van der Waals surface area contributed by atoms with E-state index in [0.717, 1.165) is 38.5 Å². The highest BCUT2D eigenvalue weighted by Crippen LogP contribution is 2.43. The zero-order valence-corrected chi connectivity index (χ0v) is 13.7. The number of hydrogen-bond donors (Lipinski definition) is 0. The van der Waals surface area contributed by atoms with Gasteiger partial charge in [-0.15, -0.1) is 0 Å². The Balaban J connectivity index is 0.000000956. The number of nitriles is 1. The lowest BCUT2D eigenvalue weighted by atomic mass is 9.67. The third-order valence-corrected chi connectivity index (χ3v) is 5.37. The predicted octanol–water partition coefficient (Wildman–Crippen LogP) is 5.75. The summed E-state index contributed by atoms with van der Waals surface area (Å²) in [6, 6.07) is 2.37. The molecule has 2 aliphatic carbocycles. The molecule has 0 aliphatic heterocycles. The van der Waals surface area contributed by atoms with E-state index in [0.29, 0.717) is 23.7 Å². The minimum absolute atomic E-state index is 0.242. The number of nitrogens with zero attached hydrogens (tertiary/aromatic N) is 1. The fraction of sp³-hybridized carbons (Fsp3) is 0.944. The van der Waals surface area contributed by atoms with Crippen molar-refractivity contribution >= 4 is 0 Å². The molecule has 2 aliphatic rings. The normalized spacial score (nSPS) is 37.8. The molecule has 0 bridgehead atoms. The molecule has 0 saturated heterocycles. The van der Waals surface area contributed by atoms with Gasteiger partial charge in [-0.2, -0.15) is 5.26 Å². The van der Waals surface area contributed by atoms with E-state index in [1.165, 1.54) is 6.42 Å². The fourth-order valence-corrected chi connectivity index (χ4v) is 3.98. The van der Waals surface area contributed by atoms with Gasteiger partial charge in [0.15, 0.2) is 0 Å². The maximum atomic E-state index is 14.4. The predicted molar refractivity (Wildman–Crippen MR) is 83.0 cm³/mol. The van der Waals surface area contributed by atoms with Crippen LogP contribution in [0.15, 0.2) is 0 Å². The Bertz CT molecular complexity index is 299. The highest BCUT2D eigenvalue weighted by Gasteiger charge is 2.37. The molecule has 20 heavy (non-hydrogen) atoms. The number of rotatable bonds is 2. The number of hydrogen-bond acceptors (Lipinski definition) is 1. The summed E-state index contributed by atoms with van der Waals surface area (Å²) in [6.07, 6.45) is 6.63. The van der Waals surface area contributed by atoms with Crippen LogP contribution in [0.25, 0.3) is 0 Å². The molecule has 0 amide bonds. The molecule has 2 rings (SSSR count). The van der Waals surface area contributed by atoms with Crippen LogP contribution < -0.4 is 0 Å². The molecule has 0 heterocycles.